The van der Waals surface area contributed by atoms with Crippen LogP contribution in [0.1, 0.15) is 19.4 Å². The Bertz CT molecular complexity index is 407. The molecule has 0 aliphatic carbocycles. The Hall–Kier alpha value is -2.19. The second kappa shape index (κ2) is 9.07. The molecule has 17 heavy (non-hydrogen) atoms. The van der Waals surface area contributed by atoms with Crippen LogP contribution in [0.15, 0.2) is 36.9 Å². The Kier molecular flexibility index (Phi) is 7.90. The molecule has 0 fully saturated rings. The molecule has 0 saturated carbocycles. The monoisotopic (exact) mass is 232 g/mol. The van der Waals surface area contributed by atoms with E-state index in [1.165, 1.54) is 5.56 Å². The van der Waals surface area contributed by atoms with Crippen LogP contribution in [0.3, 0.4) is 0 Å². The van der Waals surface area contributed by atoms with Crippen molar-refractivity contribution in [2.24, 2.45) is 0 Å². The average Bonchev–Trinajstić information content (AvgIpc) is 2.32. The van der Waals surface area contributed by atoms with Crippen molar-refractivity contribution >= 4 is 17.8 Å². The maximum Gasteiger partial charge on any atom is 0.413 e. The minimum Gasteiger partial charge on any atom is -0.458 e. The van der Waals surface area contributed by atoms with E-state index in [0.717, 1.165) is 5.57 Å². The molecule has 0 bridgehead atoms. The van der Waals surface area contributed by atoms with Gasteiger partial charge in [-0.05, 0) is 19.4 Å². The molecule has 0 spiro atoms. The van der Waals surface area contributed by atoms with Crippen molar-refractivity contribution < 1.29 is 14.3 Å². The van der Waals surface area contributed by atoms with Gasteiger partial charge in [-0.1, -0.05) is 42.5 Å². The first-order valence-corrected chi connectivity index (χ1v) is 5.17. The fraction of sp³-hybridized carbons (Fsp3) is 0.231. The van der Waals surface area contributed by atoms with Gasteiger partial charge in [0, 0.05) is 0 Å². The highest BCUT2D eigenvalue weighted by molar-refractivity contribution is 6.20. The zero-order chi connectivity index (χ0) is 13.1. The van der Waals surface area contributed by atoms with Gasteiger partial charge in [-0.25, -0.2) is 4.79 Å². The minimum absolute atomic E-state index is 0.296. The molecular formula is C13H16N2O2. The zero-order valence-corrected chi connectivity index (χ0v) is 10.1. The number of esters is 1. The molecule has 0 atom stereocenters. The molecule has 4 nitrogen and oxygen atoms in total. The number of carbonyl (C=O) groups is 1. The van der Waals surface area contributed by atoms with E-state index in [9.17, 15) is 4.79 Å². The lowest BCUT2D eigenvalue weighted by molar-refractivity contribution is -0.138. The molecule has 0 saturated heterocycles. The largest absolute Gasteiger partial charge is 0.458 e. The summed E-state index contributed by atoms with van der Waals surface area (Å²) in [5.41, 5.74) is 10.1. The van der Waals surface area contributed by atoms with E-state index < -0.39 is 5.97 Å². The van der Waals surface area contributed by atoms with Crippen molar-refractivity contribution in [3.05, 3.63) is 48.0 Å². The summed E-state index contributed by atoms with van der Waals surface area (Å²) in [5, 5.41) is 0. The van der Waals surface area contributed by atoms with Crippen molar-refractivity contribution in [1.29, 1.82) is 0 Å². The highest BCUT2D eigenvalue weighted by Gasteiger charge is 1.97. The molecule has 0 aromatic heterocycles. The van der Waals surface area contributed by atoms with Gasteiger partial charge >= 0.3 is 12.2 Å². The van der Waals surface area contributed by atoms with Crippen LogP contribution in [-0.2, 0) is 9.53 Å². The van der Waals surface area contributed by atoms with Gasteiger partial charge in [0.2, 0.25) is 0 Å². The third-order valence-electron chi connectivity index (χ3n) is 1.72. The molecule has 0 N–H and O–H groups in total. The second-order valence-corrected chi connectivity index (χ2v) is 3.14. The number of benzene rings is 1. The normalized spacial score (nSPS) is 8.12. The van der Waals surface area contributed by atoms with Crippen molar-refractivity contribution in [1.82, 2.24) is 0 Å². The number of allylic oxidation sites excluding steroid dienone is 1. The Morgan fingerprint density at radius 2 is 2.06 bits per heavy atom. The van der Waals surface area contributed by atoms with Crippen LogP contribution >= 0.6 is 0 Å². The van der Waals surface area contributed by atoms with Gasteiger partial charge in [0.25, 0.3) is 0 Å². The first-order chi connectivity index (χ1) is 8.11. The first kappa shape index (κ1) is 14.8. The Morgan fingerprint density at radius 3 is 2.41 bits per heavy atom. The summed E-state index contributed by atoms with van der Waals surface area (Å²) >= 11 is 0. The Labute approximate surface area is 101 Å². The fourth-order valence-electron chi connectivity index (χ4n) is 0.949. The molecule has 0 heterocycles. The second-order valence-electron chi connectivity index (χ2n) is 3.14. The molecule has 90 valence electrons. The van der Waals surface area contributed by atoms with Crippen molar-refractivity contribution in [3.8, 4) is 0 Å². The van der Waals surface area contributed by atoms with Gasteiger partial charge in [0.1, 0.15) is 0 Å². The van der Waals surface area contributed by atoms with Crippen LogP contribution in [0.2, 0.25) is 0 Å². The quantitative estimate of drug-likeness (QED) is 0.348. The van der Waals surface area contributed by atoms with Crippen LogP contribution in [0.25, 0.3) is 11.1 Å². The van der Waals surface area contributed by atoms with Crippen LogP contribution in [-0.4, -0.2) is 23.6 Å². The molecule has 0 aliphatic heterocycles. The third kappa shape index (κ3) is 7.71. The molecule has 0 aliphatic rings. The van der Waals surface area contributed by atoms with Crippen molar-refractivity contribution in [2.45, 2.75) is 13.8 Å². The van der Waals surface area contributed by atoms with Crippen LogP contribution in [0.5, 0.6) is 0 Å². The highest BCUT2D eigenvalue weighted by atomic mass is 16.5. The summed E-state index contributed by atoms with van der Waals surface area (Å²) in [6.07, 6.45) is 0.698. The first-order valence-electron chi connectivity index (χ1n) is 5.17. The van der Waals surface area contributed by atoms with Crippen LogP contribution < -0.4 is 0 Å². The Morgan fingerprint density at radius 1 is 1.47 bits per heavy atom. The minimum atomic E-state index is -0.630. The number of nitrogens with zero attached hydrogens (tertiary/aromatic N) is 2. The van der Waals surface area contributed by atoms with Crippen LogP contribution in [0, 0.1) is 0 Å². The highest BCUT2D eigenvalue weighted by Crippen LogP contribution is 2.08. The zero-order valence-electron chi connectivity index (χ0n) is 10.1. The van der Waals surface area contributed by atoms with Crippen LogP contribution in [0.4, 0.5) is 0 Å². The molecule has 0 amide bonds. The van der Waals surface area contributed by atoms with E-state index in [4.69, 9.17) is 5.53 Å². The van der Waals surface area contributed by atoms with Crippen molar-refractivity contribution in [3.63, 3.8) is 0 Å². The predicted octanol–water partition coefficient (Wildman–Crippen LogP) is 2.57. The van der Waals surface area contributed by atoms with E-state index in [-0.39, 0.29) is 0 Å². The third-order valence-corrected chi connectivity index (χ3v) is 1.72. The summed E-state index contributed by atoms with van der Waals surface area (Å²) in [5.74, 6) is -0.630. The summed E-state index contributed by atoms with van der Waals surface area (Å²) in [7, 11) is 0. The van der Waals surface area contributed by atoms with Gasteiger partial charge < -0.3 is 10.3 Å². The van der Waals surface area contributed by atoms with E-state index in [1.54, 1.807) is 6.92 Å². The van der Waals surface area contributed by atoms with Gasteiger partial charge in [0.15, 0.2) is 0 Å². The molecule has 0 unspecified atom stereocenters. The number of hydrogen-bond acceptors (Lipinski definition) is 2. The molecule has 1 rings (SSSR count). The Balaban J connectivity index is 0.000000304. The predicted molar refractivity (Wildman–Crippen MR) is 67.5 cm³/mol. The number of carbonyl (C=O) groups excluding carboxylic acids is 1. The topological polar surface area (TPSA) is 62.7 Å². The molecular weight excluding hydrogens is 216 g/mol. The van der Waals surface area contributed by atoms with Gasteiger partial charge in [0.05, 0.1) is 6.61 Å². The van der Waals surface area contributed by atoms with E-state index in [0.29, 0.717) is 12.8 Å². The average molecular weight is 232 g/mol. The standard InChI is InChI=1S/C9H10.C4H6N2O2/c1-8(2)9-6-4-3-5-7-9;1-2-8-4(7)3-6-5/h3-7H,1H2,2H3;3H,2H2,1H3. The molecule has 0 radical (unpaired) electrons. The van der Waals surface area contributed by atoms with Gasteiger partial charge in [-0.3, -0.25) is 0 Å². The summed E-state index contributed by atoms with van der Waals surface area (Å²) in [4.78, 5) is 12.6. The number of rotatable bonds is 3. The summed E-state index contributed by atoms with van der Waals surface area (Å²) in [6, 6.07) is 10.2. The van der Waals surface area contributed by atoms with Crippen molar-refractivity contribution in [2.75, 3.05) is 6.61 Å². The van der Waals surface area contributed by atoms with E-state index >= 15 is 0 Å². The van der Waals surface area contributed by atoms with E-state index in [1.807, 2.05) is 25.1 Å². The molecule has 4 heteroatoms. The van der Waals surface area contributed by atoms with Gasteiger partial charge in [-0.2, -0.15) is 4.79 Å². The molecule has 1 aromatic carbocycles. The SMILES string of the molecule is C=C(C)c1ccccc1.CCOC(=O)C=[N+]=[N-]. The lowest BCUT2D eigenvalue weighted by atomic mass is 10.1. The number of ether oxygens (including phenoxy) is 1. The number of hydrogen-bond donors (Lipinski definition) is 0. The maximum absolute atomic E-state index is 10.1. The smallest absolute Gasteiger partial charge is 0.413 e. The van der Waals surface area contributed by atoms with E-state index in [2.05, 4.69) is 28.2 Å². The summed E-state index contributed by atoms with van der Waals surface area (Å²) < 4.78 is 4.33. The lowest BCUT2D eigenvalue weighted by Gasteiger charge is -1.94. The lowest BCUT2D eigenvalue weighted by Crippen LogP contribution is -2.04. The van der Waals surface area contributed by atoms with Gasteiger partial charge in [-0.15, -0.1) is 0 Å². The maximum atomic E-state index is 10.1. The molecule has 1 aromatic rings. The fourth-order valence-corrected chi connectivity index (χ4v) is 0.949. The summed E-state index contributed by atoms with van der Waals surface area (Å²) in [6.45, 7) is 7.80.